The zero-order chi connectivity index (χ0) is 13.8. The highest BCUT2D eigenvalue weighted by Crippen LogP contribution is 2.12. The summed E-state index contributed by atoms with van der Waals surface area (Å²) in [6.45, 7) is 3.77. The zero-order valence-electron chi connectivity index (χ0n) is 10.8. The van der Waals surface area contributed by atoms with Crippen LogP contribution in [0.5, 0.6) is 0 Å². The van der Waals surface area contributed by atoms with Crippen LogP contribution >= 0.6 is 11.3 Å². The summed E-state index contributed by atoms with van der Waals surface area (Å²) in [6.07, 6.45) is 0.850. The number of hydrogen-bond donors (Lipinski definition) is 2. The van der Waals surface area contributed by atoms with Gasteiger partial charge in [0, 0.05) is 11.7 Å². The van der Waals surface area contributed by atoms with Gasteiger partial charge in [0.15, 0.2) is 5.69 Å². The Morgan fingerprint density at radius 2 is 2.32 bits per heavy atom. The average Bonchev–Trinajstić information content (AvgIpc) is 2.80. The summed E-state index contributed by atoms with van der Waals surface area (Å²) in [7, 11) is 0. The van der Waals surface area contributed by atoms with Gasteiger partial charge < -0.3 is 10.4 Å². The smallest absolute Gasteiger partial charge is 0.354 e. The van der Waals surface area contributed by atoms with Crippen molar-refractivity contribution >= 4 is 23.3 Å². The Balaban J connectivity index is 2.08. The quantitative estimate of drug-likeness (QED) is 0.878. The average molecular weight is 277 g/mol. The van der Waals surface area contributed by atoms with Crippen LogP contribution in [0.3, 0.4) is 0 Å². The lowest BCUT2D eigenvalue weighted by molar-refractivity contribution is 0.0690. The highest BCUT2D eigenvalue weighted by Gasteiger charge is 2.11. The fourth-order valence-electron chi connectivity index (χ4n) is 1.78. The maximum Gasteiger partial charge on any atom is 0.354 e. The van der Waals surface area contributed by atoms with E-state index in [1.54, 1.807) is 18.3 Å². The van der Waals surface area contributed by atoms with Gasteiger partial charge in [0.25, 0.3) is 0 Å². The molecule has 0 saturated carbocycles. The van der Waals surface area contributed by atoms with Crippen LogP contribution in [0.15, 0.2) is 22.9 Å². The van der Waals surface area contributed by atoms with Crippen LogP contribution in [-0.2, 0) is 6.42 Å². The van der Waals surface area contributed by atoms with Crippen LogP contribution in [0.4, 0.5) is 5.95 Å². The van der Waals surface area contributed by atoms with Crippen molar-refractivity contribution in [3.63, 3.8) is 0 Å². The second kappa shape index (κ2) is 5.79. The largest absolute Gasteiger partial charge is 0.477 e. The van der Waals surface area contributed by atoms with Gasteiger partial charge in [-0.05, 0) is 48.7 Å². The predicted octanol–water partition coefficient (Wildman–Crippen LogP) is 2.59. The summed E-state index contributed by atoms with van der Waals surface area (Å²) in [5.74, 6) is -0.681. The van der Waals surface area contributed by atoms with Crippen LogP contribution in [-0.4, -0.2) is 27.1 Å². The topological polar surface area (TPSA) is 75.1 Å². The van der Waals surface area contributed by atoms with Crippen LogP contribution in [0.25, 0.3) is 0 Å². The van der Waals surface area contributed by atoms with Gasteiger partial charge in [-0.1, -0.05) is 0 Å². The third kappa shape index (κ3) is 3.75. The van der Waals surface area contributed by atoms with E-state index in [1.807, 2.05) is 12.3 Å². The van der Waals surface area contributed by atoms with E-state index in [0.717, 1.165) is 6.42 Å². The molecule has 0 radical (unpaired) electrons. The molecule has 0 aliphatic heterocycles. The van der Waals surface area contributed by atoms with E-state index in [1.165, 1.54) is 11.6 Å². The van der Waals surface area contributed by atoms with Gasteiger partial charge in [0.2, 0.25) is 5.95 Å². The fraction of sp³-hybridized carbons (Fsp3) is 0.308. The van der Waals surface area contributed by atoms with E-state index in [2.05, 4.69) is 26.7 Å². The molecule has 2 heterocycles. The first kappa shape index (κ1) is 13.5. The van der Waals surface area contributed by atoms with E-state index in [9.17, 15) is 4.79 Å². The molecule has 2 aromatic rings. The standard InChI is InChI=1S/C13H15N3O2S/c1-8(5-10-3-4-19-7-10)14-13-15-9(2)6-11(16-13)12(17)18/h3-4,6-8H,5H2,1-2H3,(H,17,18)(H,14,15,16). The monoisotopic (exact) mass is 277 g/mol. The van der Waals surface area contributed by atoms with Gasteiger partial charge in [-0.2, -0.15) is 11.3 Å². The number of aromatic nitrogens is 2. The number of rotatable bonds is 5. The molecule has 0 bridgehead atoms. The van der Waals surface area contributed by atoms with Crippen LogP contribution in [0, 0.1) is 6.92 Å². The third-order valence-corrected chi connectivity index (χ3v) is 3.30. The van der Waals surface area contributed by atoms with Crippen molar-refractivity contribution in [2.75, 3.05) is 5.32 Å². The molecule has 5 nitrogen and oxygen atoms in total. The van der Waals surface area contributed by atoms with Gasteiger partial charge in [0.1, 0.15) is 0 Å². The molecule has 0 spiro atoms. The van der Waals surface area contributed by atoms with Gasteiger partial charge in [-0.25, -0.2) is 14.8 Å². The fourth-order valence-corrected chi connectivity index (χ4v) is 2.46. The number of nitrogens with zero attached hydrogens (tertiary/aromatic N) is 2. The highest BCUT2D eigenvalue weighted by atomic mass is 32.1. The van der Waals surface area contributed by atoms with Crippen molar-refractivity contribution in [3.05, 3.63) is 39.8 Å². The summed E-state index contributed by atoms with van der Waals surface area (Å²) < 4.78 is 0. The third-order valence-electron chi connectivity index (χ3n) is 2.57. The maximum absolute atomic E-state index is 10.9. The van der Waals surface area contributed by atoms with Gasteiger partial charge in [-0.15, -0.1) is 0 Å². The van der Waals surface area contributed by atoms with Crippen molar-refractivity contribution in [3.8, 4) is 0 Å². The number of nitrogens with one attached hydrogen (secondary N) is 1. The van der Waals surface area contributed by atoms with E-state index in [0.29, 0.717) is 11.6 Å². The summed E-state index contributed by atoms with van der Waals surface area (Å²) in [4.78, 5) is 19.1. The number of carboxylic acids is 1. The van der Waals surface area contributed by atoms with E-state index in [4.69, 9.17) is 5.11 Å². The molecule has 0 aliphatic carbocycles. The molecule has 6 heteroatoms. The van der Waals surface area contributed by atoms with Crippen molar-refractivity contribution in [1.29, 1.82) is 0 Å². The molecule has 100 valence electrons. The molecular formula is C13H15N3O2S. The molecule has 2 N–H and O–H groups in total. The Morgan fingerprint density at radius 3 is 2.95 bits per heavy atom. The van der Waals surface area contributed by atoms with Crippen molar-refractivity contribution in [1.82, 2.24) is 9.97 Å². The number of hydrogen-bond acceptors (Lipinski definition) is 5. The van der Waals surface area contributed by atoms with Gasteiger partial charge in [0.05, 0.1) is 0 Å². The molecule has 0 aromatic carbocycles. The first-order valence-electron chi connectivity index (χ1n) is 5.91. The first-order valence-corrected chi connectivity index (χ1v) is 6.85. The molecule has 0 saturated heterocycles. The molecule has 2 rings (SSSR count). The molecule has 1 unspecified atom stereocenters. The second-order valence-electron chi connectivity index (χ2n) is 4.40. The van der Waals surface area contributed by atoms with E-state index in [-0.39, 0.29) is 11.7 Å². The molecule has 1 atom stereocenters. The Morgan fingerprint density at radius 1 is 1.53 bits per heavy atom. The minimum atomic E-state index is -1.04. The van der Waals surface area contributed by atoms with Crippen molar-refractivity contribution in [2.24, 2.45) is 0 Å². The minimum absolute atomic E-state index is 0.0118. The summed E-state index contributed by atoms with van der Waals surface area (Å²) in [5, 5.41) is 16.2. The number of thiophene rings is 1. The first-order chi connectivity index (χ1) is 9.04. The molecule has 2 aromatic heterocycles. The summed E-state index contributed by atoms with van der Waals surface area (Å²) in [5.41, 5.74) is 1.89. The lowest BCUT2D eigenvalue weighted by atomic mass is 10.1. The zero-order valence-corrected chi connectivity index (χ0v) is 11.6. The van der Waals surface area contributed by atoms with E-state index >= 15 is 0 Å². The highest BCUT2D eigenvalue weighted by molar-refractivity contribution is 7.07. The summed E-state index contributed by atoms with van der Waals surface area (Å²) >= 11 is 1.66. The normalized spacial score (nSPS) is 12.1. The molecule has 0 aliphatic rings. The Hall–Kier alpha value is -1.95. The number of carbonyl (C=O) groups is 1. The lowest BCUT2D eigenvalue weighted by Gasteiger charge is -2.13. The summed E-state index contributed by atoms with van der Waals surface area (Å²) in [6, 6.07) is 3.66. The number of aryl methyl sites for hydroxylation is 1. The maximum atomic E-state index is 10.9. The number of anilines is 1. The number of aromatic carboxylic acids is 1. The van der Waals surface area contributed by atoms with Gasteiger partial charge in [-0.3, -0.25) is 0 Å². The predicted molar refractivity (Wildman–Crippen MR) is 74.8 cm³/mol. The number of carboxylic acid groups (broad SMARTS) is 1. The Bertz CT molecular complexity index is 569. The van der Waals surface area contributed by atoms with Crippen LogP contribution in [0.2, 0.25) is 0 Å². The SMILES string of the molecule is Cc1cc(C(=O)O)nc(NC(C)Cc2ccsc2)n1. The second-order valence-corrected chi connectivity index (χ2v) is 5.18. The van der Waals surface area contributed by atoms with E-state index < -0.39 is 5.97 Å². The molecular weight excluding hydrogens is 262 g/mol. The minimum Gasteiger partial charge on any atom is -0.477 e. The van der Waals surface area contributed by atoms with Crippen LogP contribution < -0.4 is 5.32 Å². The van der Waals surface area contributed by atoms with Crippen LogP contribution in [0.1, 0.15) is 28.7 Å². The molecule has 0 fully saturated rings. The van der Waals surface area contributed by atoms with Crippen molar-refractivity contribution in [2.45, 2.75) is 26.3 Å². The van der Waals surface area contributed by atoms with Gasteiger partial charge >= 0.3 is 5.97 Å². The Kier molecular flexibility index (Phi) is 4.11. The van der Waals surface area contributed by atoms with Crippen molar-refractivity contribution < 1.29 is 9.90 Å². The lowest BCUT2D eigenvalue weighted by Crippen LogP contribution is -2.20. The Labute approximate surface area is 115 Å². The molecule has 19 heavy (non-hydrogen) atoms. The molecule has 0 amide bonds.